The molecule has 1 aromatic carbocycles. The first-order valence-electron chi connectivity index (χ1n) is 6.65. The van der Waals surface area contributed by atoms with E-state index in [-0.39, 0.29) is 5.92 Å². The maximum atomic E-state index is 10.9. The predicted molar refractivity (Wildman–Crippen MR) is 77.5 cm³/mol. The number of halogens is 1. The molecule has 104 valence electrons. The Bertz CT molecular complexity index is 451. The molecular formula is C15H19BrO3. The van der Waals surface area contributed by atoms with E-state index < -0.39 is 5.97 Å². The van der Waals surface area contributed by atoms with Gasteiger partial charge in [-0.05, 0) is 71.6 Å². The van der Waals surface area contributed by atoms with Gasteiger partial charge in [0.25, 0.3) is 0 Å². The highest BCUT2D eigenvalue weighted by Gasteiger charge is 2.25. The molecule has 4 heteroatoms. The highest BCUT2D eigenvalue weighted by atomic mass is 79.9. The molecule has 1 aliphatic rings. The van der Waals surface area contributed by atoms with Crippen LogP contribution in [0.3, 0.4) is 0 Å². The van der Waals surface area contributed by atoms with Crippen LogP contribution in [-0.2, 0) is 11.2 Å². The summed E-state index contributed by atoms with van der Waals surface area (Å²) in [6, 6.07) is 6.16. The first-order chi connectivity index (χ1) is 9.10. The van der Waals surface area contributed by atoms with Gasteiger partial charge in [0.15, 0.2) is 0 Å². The molecule has 0 unspecified atom stereocenters. The summed E-state index contributed by atoms with van der Waals surface area (Å²) >= 11 is 3.50. The smallest absolute Gasteiger partial charge is 0.306 e. The summed E-state index contributed by atoms with van der Waals surface area (Å²) in [6.45, 7) is 0. The van der Waals surface area contributed by atoms with Gasteiger partial charge in [0.05, 0.1) is 17.5 Å². The number of ether oxygens (including phenoxy) is 1. The fourth-order valence-electron chi connectivity index (χ4n) is 2.78. The summed E-state index contributed by atoms with van der Waals surface area (Å²) in [5.74, 6) is 0.693. The van der Waals surface area contributed by atoms with Gasteiger partial charge in [-0.1, -0.05) is 6.07 Å². The first kappa shape index (κ1) is 14.4. The average Bonchev–Trinajstić information content (AvgIpc) is 2.39. The molecular weight excluding hydrogens is 308 g/mol. The molecule has 1 fully saturated rings. The molecule has 1 aromatic rings. The van der Waals surface area contributed by atoms with E-state index in [0.717, 1.165) is 42.3 Å². The fourth-order valence-corrected chi connectivity index (χ4v) is 3.37. The quantitative estimate of drug-likeness (QED) is 0.912. The molecule has 2 rings (SSSR count). The van der Waals surface area contributed by atoms with Crippen molar-refractivity contribution in [3.05, 3.63) is 28.2 Å². The van der Waals surface area contributed by atoms with Crippen molar-refractivity contribution in [2.45, 2.75) is 32.1 Å². The number of carbonyl (C=O) groups is 1. The van der Waals surface area contributed by atoms with Gasteiger partial charge in [-0.25, -0.2) is 0 Å². The second-order valence-electron chi connectivity index (χ2n) is 5.23. The third kappa shape index (κ3) is 3.72. The van der Waals surface area contributed by atoms with Crippen molar-refractivity contribution in [2.24, 2.45) is 11.8 Å². The molecule has 1 aliphatic carbocycles. The average molecular weight is 327 g/mol. The number of hydrogen-bond donors (Lipinski definition) is 1. The van der Waals surface area contributed by atoms with Crippen molar-refractivity contribution >= 4 is 21.9 Å². The third-order valence-electron chi connectivity index (χ3n) is 3.94. The second-order valence-corrected chi connectivity index (χ2v) is 6.08. The molecule has 0 bridgehead atoms. The van der Waals surface area contributed by atoms with Crippen LogP contribution in [0.15, 0.2) is 22.7 Å². The van der Waals surface area contributed by atoms with Crippen molar-refractivity contribution in [1.29, 1.82) is 0 Å². The molecule has 0 aromatic heterocycles. The van der Waals surface area contributed by atoms with Crippen LogP contribution in [0.2, 0.25) is 0 Å². The Morgan fingerprint density at radius 2 is 2.05 bits per heavy atom. The van der Waals surface area contributed by atoms with E-state index in [0.29, 0.717) is 5.92 Å². The van der Waals surface area contributed by atoms with Gasteiger partial charge in [0, 0.05) is 0 Å². The van der Waals surface area contributed by atoms with Crippen LogP contribution in [0.5, 0.6) is 5.75 Å². The Labute approximate surface area is 122 Å². The van der Waals surface area contributed by atoms with Crippen molar-refractivity contribution < 1.29 is 14.6 Å². The predicted octanol–water partition coefficient (Wildman–Crippen LogP) is 3.89. The number of methoxy groups -OCH3 is 1. The van der Waals surface area contributed by atoms with Gasteiger partial charge in [-0.2, -0.15) is 0 Å². The number of hydrogen-bond acceptors (Lipinski definition) is 2. The fraction of sp³-hybridized carbons (Fsp3) is 0.533. The molecule has 0 aliphatic heterocycles. The van der Waals surface area contributed by atoms with Crippen LogP contribution in [0, 0.1) is 11.8 Å². The summed E-state index contributed by atoms with van der Waals surface area (Å²) in [5, 5.41) is 8.99. The Morgan fingerprint density at radius 1 is 1.37 bits per heavy atom. The number of benzene rings is 1. The van der Waals surface area contributed by atoms with Crippen LogP contribution in [0.1, 0.15) is 31.2 Å². The summed E-state index contributed by atoms with van der Waals surface area (Å²) in [5.41, 5.74) is 1.28. The zero-order chi connectivity index (χ0) is 13.8. The second kappa shape index (κ2) is 6.42. The summed E-state index contributed by atoms with van der Waals surface area (Å²) in [7, 11) is 1.66. The summed E-state index contributed by atoms with van der Waals surface area (Å²) in [6.07, 6.45) is 4.69. The first-order valence-corrected chi connectivity index (χ1v) is 7.44. The molecule has 0 radical (unpaired) electrons. The molecule has 0 saturated heterocycles. The zero-order valence-corrected chi connectivity index (χ0v) is 12.6. The Kier molecular flexibility index (Phi) is 4.86. The van der Waals surface area contributed by atoms with Crippen molar-refractivity contribution in [2.75, 3.05) is 7.11 Å². The topological polar surface area (TPSA) is 46.5 Å². The standard InChI is InChI=1S/C15H19BrO3/c1-19-14-7-4-11(9-13(14)16)8-10-2-5-12(6-3-10)15(17)18/h4,7,9-10,12H,2-3,5-6,8H2,1H3,(H,17,18). The van der Waals surface area contributed by atoms with Gasteiger partial charge in [-0.15, -0.1) is 0 Å². The van der Waals surface area contributed by atoms with Crippen molar-refractivity contribution in [1.82, 2.24) is 0 Å². The number of carboxylic acid groups (broad SMARTS) is 1. The minimum absolute atomic E-state index is 0.126. The van der Waals surface area contributed by atoms with E-state index >= 15 is 0 Å². The zero-order valence-electron chi connectivity index (χ0n) is 11.1. The van der Waals surface area contributed by atoms with Crippen LogP contribution in [0.4, 0.5) is 0 Å². The van der Waals surface area contributed by atoms with Crippen LogP contribution in [-0.4, -0.2) is 18.2 Å². The SMILES string of the molecule is COc1ccc(CC2CCC(C(=O)O)CC2)cc1Br. The molecule has 0 spiro atoms. The molecule has 1 N–H and O–H groups in total. The maximum absolute atomic E-state index is 10.9. The van der Waals surface area contributed by atoms with Crippen molar-refractivity contribution in [3.63, 3.8) is 0 Å². The lowest BCUT2D eigenvalue weighted by Crippen LogP contribution is -2.22. The minimum Gasteiger partial charge on any atom is -0.496 e. The van der Waals surface area contributed by atoms with Crippen LogP contribution >= 0.6 is 15.9 Å². The number of rotatable bonds is 4. The van der Waals surface area contributed by atoms with Gasteiger partial charge < -0.3 is 9.84 Å². The van der Waals surface area contributed by atoms with Crippen molar-refractivity contribution in [3.8, 4) is 5.75 Å². The van der Waals surface area contributed by atoms with E-state index in [4.69, 9.17) is 9.84 Å². The van der Waals surface area contributed by atoms with E-state index in [1.165, 1.54) is 5.56 Å². The maximum Gasteiger partial charge on any atom is 0.306 e. The largest absolute Gasteiger partial charge is 0.496 e. The normalized spacial score (nSPS) is 23.1. The molecule has 3 nitrogen and oxygen atoms in total. The number of carboxylic acids is 1. The van der Waals surface area contributed by atoms with Gasteiger partial charge in [-0.3, -0.25) is 4.79 Å². The molecule has 19 heavy (non-hydrogen) atoms. The van der Waals surface area contributed by atoms with Crippen LogP contribution < -0.4 is 4.74 Å². The third-order valence-corrected chi connectivity index (χ3v) is 4.56. The molecule has 0 heterocycles. The van der Waals surface area contributed by atoms with Gasteiger partial charge in [0.1, 0.15) is 5.75 Å². The number of aliphatic carboxylic acids is 1. The monoisotopic (exact) mass is 326 g/mol. The van der Waals surface area contributed by atoms with E-state index in [9.17, 15) is 4.79 Å². The summed E-state index contributed by atoms with van der Waals surface area (Å²) < 4.78 is 6.20. The van der Waals surface area contributed by atoms with E-state index in [1.807, 2.05) is 6.07 Å². The molecule has 0 amide bonds. The highest BCUT2D eigenvalue weighted by Crippen LogP contribution is 2.33. The lowest BCUT2D eigenvalue weighted by atomic mass is 9.79. The minimum atomic E-state index is -0.634. The lowest BCUT2D eigenvalue weighted by Gasteiger charge is -2.26. The van der Waals surface area contributed by atoms with E-state index in [2.05, 4.69) is 28.1 Å². The molecule has 1 saturated carbocycles. The Morgan fingerprint density at radius 3 is 2.58 bits per heavy atom. The van der Waals surface area contributed by atoms with Gasteiger partial charge >= 0.3 is 5.97 Å². The highest BCUT2D eigenvalue weighted by molar-refractivity contribution is 9.10. The molecule has 0 atom stereocenters. The lowest BCUT2D eigenvalue weighted by molar-refractivity contribution is -0.143. The van der Waals surface area contributed by atoms with Gasteiger partial charge in [0.2, 0.25) is 0 Å². The summed E-state index contributed by atoms with van der Waals surface area (Å²) in [4.78, 5) is 10.9. The van der Waals surface area contributed by atoms with E-state index in [1.54, 1.807) is 7.11 Å². The Balaban J connectivity index is 1.92. The Hall–Kier alpha value is -1.03. The van der Waals surface area contributed by atoms with Crippen LogP contribution in [0.25, 0.3) is 0 Å².